The average molecular weight is 241 g/mol. The molecule has 0 aromatic rings. The summed E-state index contributed by atoms with van der Waals surface area (Å²) < 4.78 is 0. The van der Waals surface area contributed by atoms with Gasteiger partial charge in [0.25, 0.3) is 0 Å². The molecule has 0 rings (SSSR count). The molecule has 104 valence electrons. The summed E-state index contributed by atoms with van der Waals surface area (Å²) in [5, 5.41) is 3.64. The van der Waals surface area contributed by atoms with Crippen molar-refractivity contribution >= 4 is 0 Å². The summed E-state index contributed by atoms with van der Waals surface area (Å²) in [7, 11) is 0. The first-order valence-electron chi connectivity index (χ1n) is 7.91. The van der Waals surface area contributed by atoms with E-state index in [4.69, 9.17) is 0 Å². The van der Waals surface area contributed by atoms with Gasteiger partial charge in [-0.3, -0.25) is 0 Å². The molecule has 0 saturated heterocycles. The van der Waals surface area contributed by atoms with Gasteiger partial charge in [0.2, 0.25) is 0 Å². The highest BCUT2D eigenvalue weighted by Gasteiger charge is 2.04. The largest absolute Gasteiger partial charge is 0.316 e. The van der Waals surface area contributed by atoms with Crippen molar-refractivity contribution in [3.05, 3.63) is 0 Å². The zero-order valence-corrected chi connectivity index (χ0v) is 12.7. The number of hydrogen-bond donors (Lipinski definition) is 1. The minimum Gasteiger partial charge on any atom is -0.316 e. The highest BCUT2D eigenvalue weighted by Crippen LogP contribution is 2.10. The molecule has 1 N–H and O–H groups in total. The second kappa shape index (κ2) is 12.4. The van der Waals surface area contributed by atoms with E-state index in [1.807, 2.05) is 0 Å². The topological polar surface area (TPSA) is 12.0 Å². The van der Waals surface area contributed by atoms with Gasteiger partial charge in [-0.2, -0.15) is 0 Å². The van der Waals surface area contributed by atoms with Crippen LogP contribution in [0.3, 0.4) is 0 Å². The van der Waals surface area contributed by atoms with Crippen LogP contribution in [-0.4, -0.2) is 13.1 Å². The fraction of sp³-hybridized carbons (Fsp3) is 1.00. The summed E-state index contributed by atoms with van der Waals surface area (Å²) in [4.78, 5) is 0. The SMILES string of the molecule is CCCCCC(C)CNCC(C)CCCCC. The molecule has 0 aromatic heterocycles. The van der Waals surface area contributed by atoms with Crippen molar-refractivity contribution in [1.29, 1.82) is 0 Å². The highest BCUT2D eigenvalue weighted by molar-refractivity contribution is 4.61. The number of unbranched alkanes of at least 4 members (excludes halogenated alkanes) is 4. The van der Waals surface area contributed by atoms with E-state index in [0.717, 1.165) is 11.8 Å². The van der Waals surface area contributed by atoms with Crippen molar-refractivity contribution in [2.24, 2.45) is 11.8 Å². The van der Waals surface area contributed by atoms with Crippen LogP contribution in [0.15, 0.2) is 0 Å². The molecule has 1 heteroatoms. The Morgan fingerprint density at radius 1 is 0.706 bits per heavy atom. The van der Waals surface area contributed by atoms with Gasteiger partial charge in [-0.1, -0.05) is 66.2 Å². The van der Waals surface area contributed by atoms with Gasteiger partial charge in [-0.25, -0.2) is 0 Å². The molecule has 0 fully saturated rings. The van der Waals surface area contributed by atoms with Gasteiger partial charge in [0.1, 0.15) is 0 Å². The molecule has 2 unspecified atom stereocenters. The summed E-state index contributed by atoms with van der Waals surface area (Å²) in [5.74, 6) is 1.70. The van der Waals surface area contributed by atoms with Gasteiger partial charge in [-0.05, 0) is 37.8 Å². The van der Waals surface area contributed by atoms with Gasteiger partial charge >= 0.3 is 0 Å². The number of hydrogen-bond acceptors (Lipinski definition) is 1. The quantitative estimate of drug-likeness (QED) is 0.474. The van der Waals surface area contributed by atoms with Crippen LogP contribution in [0.4, 0.5) is 0 Å². The van der Waals surface area contributed by atoms with E-state index in [1.165, 1.54) is 64.5 Å². The van der Waals surface area contributed by atoms with Crippen LogP contribution in [0.2, 0.25) is 0 Å². The Labute approximate surface area is 110 Å². The summed E-state index contributed by atoms with van der Waals surface area (Å²) in [6.45, 7) is 11.7. The van der Waals surface area contributed by atoms with Crippen molar-refractivity contribution in [3.8, 4) is 0 Å². The smallest absolute Gasteiger partial charge is 0.00230 e. The summed E-state index contributed by atoms with van der Waals surface area (Å²) in [6.07, 6.45) is 11.1. The minimum atomic E-state index is 0.851. The van der Waals surface area contributed by atoms with E-state index in [1.54, 1.807) is 0 Å². The van der Waals surface area contributed by atoms with Crippen LogP contribution in [0.1, 0.15) is 79.1 Å². The summed E-state index contributed by atoms with van der Waals surface area (Å²) >= 11 is 0. The summed E-state index contributed by atoms with van der Waals surface area (Å²) in [6, 6.07) is 0. The van der Waals surface area contributed by atoms with E-state index in [-0.39, 0.29) is 0 Å². The highest BCUT2D eigenvalue weighted by atomic mass is 14.9. The van der Waals surface area contributed by atoms with Gasteiger partial charge in [0.15, 0.2) is 0 Å². The first-order chi connectivity index (χ1) is 8.20. The maximum absolute atomic E-state index is 3.64. The molecule has 1 nitrogen and oxygen atoms in total. The van der Waals surface area contributed by atoms with Crippen LogP contribution in [-0.2, 0) is 0 Å². The standard InChI is InChI=1S/C16H35N/c1-5-7-9-11-15(3)13-17-14-16(4)12-10-8-6-2/h15-17H,5-14H2,1-4H3. The Morgan fingerprint density at radius 3 is 1.47 bits per heavy atom. The maximum atomic E-state index is 3.64. The van der Waals surface area contributed by atoms with E-state index in [0.29, 0.717) is 0 Å². The predicted octanol–water partition coefficient (Wildman–Crippen LogP) is 5.01. The lowest BCUT2D eigenvalue weighted by atomic mass is 10.0. The minimum absolute atomic E-state index is 0.851. The second-order valence-electron chi connectivity index (χ2n) is 5.86. The lowest BCUT2D eigenvalue weighted by molar-refractivity contribution is 0.410. The Bertz CT molecular complexity index is 128. The van der Waals surface area contributed by atoms with Crippen molar-refractivity contribution < 1.29 is 0 Å². The molecule has 0 amide bonds. The second-order valence-corrected chi connectivity index (χ2v) is 5.86. The molecule has 0 aliphatic rings. The fourth-order valence-corrected chi connectivity index (χ4v) is 2.27. The van der Waals surface area contributed by atoms with Gasteiger partial charge in [-0.15, -0.1) is 0 Å². The first-order valence-corrected chi connectivity index (χ1v) is 7.91. The first kappa shape index (κ1) is 17.0. The van der Waals surface area contributed by atoms with Gasteiger partial charge in [0.05, 0.1) is 0 Å². The van der Waals surface area contributed by atoms with Crippen LogP contribution in [0.25, 0.3) is 0 Å². The third kappa shape index (κ3) is 12.2. The van der Waals surface area contributed by atoms with Gasteiger partial charge in [0, 0.05) is 0 Å². The predicted molar refractivity (Wildman–Crippen MR) is 79.5 cm³/mol. The molecule has 2 atom stereocenters. The zero-order chi connectivity index (χ0) is 12.9. The van der Waals surface area contributed by atoms with Crippen molar-refractivity contribution in [2.45, 2.75) is 79.1 Å². The Hall–Kier alpha value is -0.0400. The van der Waals surface area contributed by atoms with Gasteiger partial charge < -0.3 is 5.32 Å². The molecule has 0 aliphatic carbocycles. The van der Waals surface area contributed by atoms with E-state index >= 15 is 0 Å². The third-order valence-electron chi connectivity index (χ3n) is 3.59. The molecule has 17 heavy (non-hydrogen) atoms. The molecule has 0 radical (unpaired) electrons. The number of rotatable bonds is 12. The Kier molecular flexibility index (Phi) is 12.4. The average Bonchev–Trinajstić information content (AvgIpc) is 2.30. The van der Waals surface area contributed by atoms with E-state index < -0.39 is 0 Å². The molecule has 0 spiro atoms. The van der Waals surface area contributed by atoms with Crippen LogP contribution < -0.4 is 5.32 Å². The molecule has 0 aromatic carbocycles. The van der Waals surface area contributed by atoms with Crippen molar-refractivity contribution in [1.82, 2.24) is 5.32 Å². The maximum Gasteiger partial charge on any atom is -0.00230 e. The molecule has 0 heterocycles. The van der Waals surface area contributed by atoms with Crippen molar-refractivity contribution in [3.63, 3.8) is 0 Å². The molecule has 0 saturated carbocycles. The third-order valence-corrected chi connectivity index (χ3v) is 3.59. The van der Waals surface area contributed by atoms with Crippen LogP contribution in [0.5, 0.6) is 0 Å². The molecular formula is C16H35N. The Morgan fingerprint density at radius 2 is 1.12 bits per heavy atom. The fourth-order valence-electron chi connectivity index (χ4n) is 2.27. The number of nitrogens with one attached hydrogen (secondary N) is 1. The normalized spacial score (nSPS) is 14.8. The van der Waals surface area contributed by atoms with E-state index in [9.17, 15) is 0 Å². The molecular weight excluding hydrogens is 206 g/mol. The van der Waals surface area contributed by atoms with E-state index in [2.05, 4.69) is 33.0 Å². The van der Waals surface area contributed by atoms with Crippen LogP contribution in [0, 0.1) is 11.8 Å². The molecule has 0 aliphatic heterocycles. The van der Waals surface area contributed by atoms with Crippen LogP contribution >= 0.6 is 0 Å². The lowest BCUT2D eigenvalue weighted by Crippen LogP contribution is -2.26. The lowest BCUT2D eigenvalue weighted by Gasteiger charge is -2.16. The Balaban J connectivity index is 3.29. The monoisotopic (exact) mass is 241 g/mol. The summed E-state index contributed by atoms with van der Waals surface area (Å²) in [5.41, 5.74) is 0. The van der Waals surface area contributed by atoms with Crippen molar-refractivity contribution in [2.75, 3.05) is 13.1 Å². The zero-order valence-electron chi connectivity index (χ0n) is 12.7. The molecule has 0 bridgehead atoms.